The third kappa shape index (κ3) is 3.56. The Morgan fingerprint density at radius 3 is 2.61 bits per heavy atom. The standard InChI is InChI=1S/C21H28N4O3/c1-14(2)23-10-7-19-22-18-13-15(20(27)24-8-5-16(26)6-9-24)3-4-17(18)21(28)25(19)12-11-23/h3-4,13-14,16,26H,5-12H2,1-2H3. The molecule has 28 heavy (non-hydrogen) atoms. The second kappa shape index (κ2) is 7.64. The Morgan fingerprint density at radius 1 is 1.14 bits per heavy atom. The minimum atomic E-state index is -0.316. The lowest BCUT2D eigenvalue weighted by Crippen LogP contribution is -2.40. The average Bonchev–Trinajstić information content (AvgIpc) is 2.91. The molecule has 1 amide bonds. The van der Waals surface area contributed by atoms with E-state index in [2.05, 4.69) is 18.7 Å². The maximum absolute atomic E-state index is 13.0. The Morgan fingerprint density at radius 2 is 1.89 bits per heavy atom. The maximum Gasteiger partial charge on any atom is 0.261 e. The number of carbonyl (C=O) groups is 1. The molecule has 1 aromatic heterocycles. The molecule has 1 fully saturated rings. The number of rotatable bonds is 2. The molecule has 7 heteroatoms. The molecule has 0 spiro atoms. The molecule has 0 saturated carbocycles. The lowest BCUT2D eigenvalue weighted by molar-refractivity contribution is 0.0546. The number of hydrogen-bond donors (Lipinski definition) is 1. The van der Waals surface area contributed by atoms with E-state index in [0.717, 1.165) is 25.3 Å². The largest absolute Gasteiger partial charge is 0.393 e. The van der Waals surface area contributed by atoms with Gasteiger partial charge in [-0.25, -0.2) is 4.98 Å². The lowest BCUT2D eigenvalue weighted by atomic mass is 10.1. The molecule has 0 radical (unpaired) electrons. The quantitative estimate of drug-likeness (QED) is 0.843. The van der Waals surface area contributed by atoms with Gasteiger partial charge in [0.15, 0.2) is 0 Å². The summed E-state index contributed by atoms with van der Waals surface area (Å²) in [5.41, 5.74) is 1.13. The first kappa shape index (κ1) is 19.1. The number of aliphatic hydroxyl groups excluding tert-OH is 1. The van der Waals surface area contributed by atoms with E-state index in [1.54, 1.807) is 27.7 Å². The van der Waals surface area contributed by atoms with Crippen LogP contribution in [0, 0.1) is 0 Å². The molecule has 3 heterocycles. The summed E-state index contributed by atoms with van der Waals surface area (Å²) in [5, 5.41) is 10.2. The van der Waals surface area contributed by atoms with Crippen LogP contribution in [0.1, 0.15) is 42.9 Å². The van der Waals surface area contributed by atoms with Crippen molar-refractivity contribution in [1.82, 2.24) is 19.4 Å². The monoisotopic (exact) mass is 384 g/mol. The van der Waals surface area contributed by atoms with E-state index in [1.165, 1.54) is 0 Å². The first-order valence-corrected chi connectivity index (χ1v) is 10.2. The van der Waals surface area contributed by atoms with Crippen LogP contribution in [-0.4, -0.2) is 68.7 Å². The van der Waals surface area contributed by atoms with Gasteiger partial charge in [-0.15, -0.1) is 0 Å². The molecule has 4 rings (SSSR count). The van der Waals surface area contributed by atoms with Gasteiger partial charge in [-0.05, 0) is 44.9 Å². The van der Waals surface area contributed by atoms with Crippen LogP contribution in [0.5, 0.6) is 0 Å². The molecule has 0 atom stereocenters. The zero-order valence-corrected chi connectivity index (χ0v) is 16.6. The highest BCUT2D eigenvalue weighted by Gasteiger charge is 2.24. The molecule has 0 aliphatic carbocycles. The van der Waals surface area contributed by atoms with E-state index < -0.39 is 0 Å². The highest BCUT2D eigenvalue weighted by atomic mass is 16.3. The van der Waals surface area contributed by atoms with Crippen molar-refractivity contribution in [1.29, 1.82) is 0 Å². The van der Waals surface area contributed by atoms with Gasteiger partial charge >= 0.3 is 0 Å². The molecular weight excluding hydrogens is 356 g/mol. The summed E-state index contributed by atoms with van der Waals surface area (Å²) in [6.07, 6.45) is 1.63. The number of aromatic nitrogens is 2. The normalized spacial score (nSPS) is 19.1. The van der Waals surface area contributed by atoms with Crippen LogP contribution >= 0.6 is 0 Å². The Hall–Kier alpha value is -2.25. The summed E-state index contributed by atoms with van der Waals surface area (Å²) in [6.45, 7) is 7.82. The van der Waals surface area contributed by atoms with Gasteiger partial charge in [0, 0.05) is 50.7 Å². The number of amides is 1. The van der Waals surface area contributed by atoms with E-state index in [0.29, 0.717) is 55.0 Å². The van der Waals surface area contributed by atoms with Gasteiger partial charge in [0.2, 0.25) is 0 Å². The highest BCUT2D eigenvalue weighted by Crippen LogP contribution is 2.18. The Labute approximate surface area is 164 Å². The molecule has 2 aliphatic heterocycles. The van der Waals surface area contributed by atoms with Crippen molar-refractivity contribution in [2.45, 2.75) is 51.8 Å². The van der Waals surface area contributed by atoms with Crippen molar-refractivity contribution < 1.29 is 9.90 Å². The van der Waals surface area contributed by atoms with Gasteiger partial charge in [-0.3, -0.25) is 19.1 Å². The molecule has 0 bridgehead atoms. The van der Waals surface area contributed by atoms with E-state index in [-0.39, 0.29) is 17.6 Å². The summed E-state index contributed by atoms with van der Waals surface area (Å²) in [7, 11) is 0. The minimum absolute atomic E-state index is 0.0225. The molecule has 0 unspecified atom stereocenters. The van der Waals surface area contributed by atoms with Crippen LogP contribution in [-0.2, 0) is 13.0 Å². The number of nitrogens with zero attached hydrogens (tertiary/aromatic N) is 4. The first-order chi connectivity index (χ1) is 13.4. The minimum Gasteiger partial charge on any atom is -0.393 e. The first-order valence-electron chi connectivity index (χ1n) is 10.2. The van der Waals surface area contributed by atoms with Crippen LogP contribution in [0.2, 0.25) is 0 Å². The Kier molecular flexibility index (Phi) is 5.21. The molecule has 150 valence electrons. The van der Waals surface area contributed by atoms with Gasteiger partial charge in [0.05, 0.1) is 17.0 Å². The van der Waals surface area contributed by atoms with Crippen molar-refractivity contribution in [3.63, 3.8) is 0 Å². The van der Waals surface area contributed by atoms with Crippen LogP contribution in [0.25, 0.3) is 10.9 Å². The number of likely N-dealkylation sites (tertiary alicyclic amines) is 1. The summed E-state index contributed by atoms with van der Waals surface area (Å²) in [4.78, 5) is 34.7. The molecule has 1 saturated heterocycles. The molecule has 2 aliphatic rings. The fraction of sp³-hybridized carbons (Fsp3) is 0.571. The van der Waals surface area contributed by atoms with Crippen LogP contribution in [0.4, 0.5) is 0 Å². The summed E-state index contributed by atoms with van der Waals surface area (Å²) in [6, 6.07) is 5.64. The number of aliphatic hydroxyl groups is 1. The second-order valence-corrected chi connectivity index (χ2v) is 8.12. The average molecular weight is 384 g/mol. The molecule has 7 nitrogen and oxygen atoms in total. The van der Waals surface area contributed by atoms with Gasteiger partial charge in [-0.2, -0.15) is 0 Å². The summed E-state index contributed by atoms with van der Waals surface area (Å²) < 4.78 is 1.79. The predicted octanol–water partition coefficient (Wildman–Crippen LogP) is 1.26. The summed E-state index contributed by atoms with van der Waals surface area (Å²) >= 11 is 0. The van der Waals surface area contributed by atoms with E-state index in [9.17, 15) is 14.7 Å². The molecular formula is C21H28N4O3. The smallest absolute Gasteiger partial charge is 0.261 e. The highest BCUT2D eigenvalue weighted by molar-refractivity contribution is 5.97. The predicted molar refractivity (Wildman–Crippen MR) is 108 cm³/mol. The lowest BCUT2D eigenvalue weighted by Gasteiger charge is -2.29. The number of piperidine rings is 1. The maximum atomic E-state index is 13.0. The number of carbonyl (C=O) groups excluding carboxylic acids is 1. The zero-order valence-electron chi connectivity index (χ0n) is 16.6. The topological polar surface area (TPSA) is 78.7 Å². The van der Waals surface area contributed by atoms with Gasteiger partial charge in [0.25, 0.3) is 11.5 Å². The van der Waals surface area contributed by atoms with Crippen molar-refractivity contribution >= 4 is 16.8 Å². The molecule has 2 aromatic rings. The Bertz CT molecular complexity index is 945. The summed E-state index contributed by atoms with van der Waals surface area (Å²) in [5.74, 6) is 0.739. The van der Waals surface area contributed by atoms with E-state index in [1.807, 2.05) is 0 Å². The van der Waals surface area contributed by atoms with Crippen LogP contribution < -0.4 is 5.56 Å². The molecule has 1 N–H and O–H groups in total. The third-order valence-electron chi connectivity index (χ3n) is 6.00. The van der Waals surface area contributed by atoms with Crippen molar-refractivity contribution in [2.24, 2.45) is 0 Å². The number of hydrogen-bond acceptors (Lipinski definition) is 5. The van der Waals surface area contributed by atoms with Crippen LogP contribution in [0.3, 0.4) is 0 Å². The fourth-order valence-electron chi connectivity index (χ4n) is 4.17. The van der Waals surface area contributed by atoms with Gasteiger partial charge in [0.1, 0.15) is 5.82 Å². The third-order valence-corrected chi connectivity index (χ3v) is 6.00. The zero-order chi connectivity index (χ0) is 19.8. The van der Waals surface area contributed by atoms with Gasteiger partial charge < -0.3 is 10.0 Å². The van der Waals surface area contributed by atoms with Crippen LogP contribution in [0.15, 0.2) is 23.0 Å². The number of fused-ring (bicyclic) bond motifs is 2. The second-order valence-electron chi connectivity index (χ2n) is 8.12. The van der Waals surface area contributed by atoms with Gasteiger partial charge in [-0.1, -0.05) is 0 Å². The number of benzene rings is 1. The SMILES string of the molecule is CC(C)N1CCc2nc3cc(C(=O)N4CCC(O)CC4)ccc3c(=O)n2CC1. The van der Waals surface area contributed by atoms with E-state index >= 15 is 0 Å². The fourth-order valence-corrected chi connectivity index (χ4v) is 4.17. The van der Waals surface area contributed by atoms with Crippen molar-refractivity contribution in [3.05, 3.63) is 39.9 Å². The van der Waals surface area contributed by atoms with Crippen molar-refractivity contribution in [3.8, 4) is 0 Å². The van der Waals surface area contributed by atoms with Crippen molar-refractivity contribution in [2.75, 3.05) is 26.2 Å². The molecule has 1 aromatic carbocycles. The Balaban J connectivity index is 1.66. The van der Waals surface area contributed by atoms with E-state index in [4.69, 9.17) is 4.98 Å².